The molecule has 1 rings (SSSR count). The highest BCUT2D eigenvalue weighted by atomic mass is 16.5. The van der Waals surface area contributed by atoms with Crippen LogP contribution in [0.4, 0.5) is 0 Å². The van der Waals surface area contributed by atoms with Gasteiger partial charge in [-0.05, 0) is 38.0 Å². The number of carbonyl (C=O) groups excluding carboxylic acids is 1. The molecule has 0 aromatic heterocycles. The SMILES string of the molecule is COC(=O)c1ccc(CC(C)(C)N)cc1. The molecule has 0 bridgehead atoms. The number of nitrogens with two attached hydrogens (primary N) is 1. The summed E-state index contributed by atoms with van der Waals surface area (Å²) >= 11 is 0. The molecule has 3 heteroatoms. The molecule has 0 heterocycles. The van der Waals surface area contributed by atoms with Crippen molar-refractivity contribution in [1.29, 1.82) is 0 Å². The number of ether oxygens (including phenoxy) is 1. The van der Waals surface area contributed by atoms with Gasteiger partial charge in [0.05, 0.1) is 12.7 Å². The Labute approximate surface area is 90.2 Å². The van der Waals surface area contributed by atoms with Gasteiger partial charge in [-0.2, -0.15) is 0 Å². The number of carbonyl (C=O) groups is 1. The van der Waals surface area contributed by atoms with Crippen molar-refractivity contribution in [3.8, 4) is 0 Å². The average Bonchev–Trinajstić information content (AvgIpc) is 2.15. The smallest absolute Gasteiger partial charge is 0.337 e. The van der Waals surface area contributed by atoms with Crippen molar-refractivity contribution in [1.82, 2.24) is 0 Å². The molecule has 1 aromatic rings. The normalized spacial score (nSPS) is 11.2. The molecule has 0 atom stereocenters. The molecule has 0 fully saturated rings. The third-order valence-corrected chi connectivity index (χ3v) is 2.03. The second-order valence-electron chi connectivity index (χ2n) is 4.35. The maximum absolute atomic E-state index is 11.2. The van der Waals surface area contributed by atoms with E-state index in [0.717, 1.165) is 12.0 Å². The second kappa shape index (κ2) is 4.45. The Balaban J connectivity index is 2.77. The molecular weight excluding hydrogens is 190 g/mol. The van der Waals surface area contributed by atoms with Crippen molar-refractivity contribution in [2.45, 2.75) is 25.8 Å². The summed E-state index contributed by atoms with van der Waals surface area (Å²) < 4.78 is 4.61. The van der Waals surface area contributed by atoms with Crippen LogP contribution in [0.3, 0.4) is 0 Å². The van der Waals surface area contributed by atoms with Crippen molar-refractivity contribution >= 4 is 5.97 Å². The highest BCUT2D eigenvalue weighted by Gasteiger charge is 2.12. The first kappa shape index (κ1) is 11.7. The molecule has 0 aliphatic rings. The highest BCUT2D eigenvalue weighted by Crippen LogP contribution is 2.11. The van der Waals surface area contributed by atoms with Gasteiger partial charge in [0, 0.05) is 5.54 Å². The number of methoxy groups -OCH3 is 1. The first-order valence-corrected chi connectivity index (χ1v) is 4.88. The minimum Gasteiger partial charge on any atom is -0.465 e. The van der Waals surface area contributed by atoms with Crippen molar-refractivity contribution in [3.05, 3.63) is 35.4 Å². The molecule has 0 saturated carbocycles. The molecule has 0 unspecified atom stereocenters. The van der Waals surface area contributed by atoms with Gasteiger partial charge in [-0.25, -0.2) is 4.79 Å². The van der Waals surface area contributed by atoms with Gasteiger partial charge in [0.25, 0.3) is 0 Å². The minimum atomic E-state index is -0.312. The fourth-order valence-electron chi connectivity index (χ4n) is 1.40. The molecular formula is C12H17NO2. The van der Waals surface area contributed by atoms with E-state index < -0.39 is 0 Å². The molecule has 82 valence electrons. The van der Waals surface area contributed by atoms with Crippen LogP contribution in [0, 0.1) is 0 Å². The van der Waals surface area contributed by atoms with Crippen LogP contribution in [0.2, 0.25) is 0 Å². The van der Waals surface area contributed by atoms with Gasteiger partial charge in [-0.1, -0.05) is 12.1 Å². The topological polar surface area (TPSA) is 52.3 Å². The van der Waals surface area contributed by atoms with E-state index in [1.807, 2.05) is 26.0 Å². The number of hydrogen-bond acceptors (Lipinski definition) is 3. The zero-order valence-electron chi connectivity index (χ0n) is 9.41. The van der Waals surface area contributed by atoms with Gasteiger partial charge < -0.3 is 10.5 Å². The Hall–Kier alpha value is -1.35. The Bertz CT molecular complexity index is 336. The molecule has 15 heavy (non-hydrogen) atoms. The van der Waals surface area contributed by atoms with Gasteiger partial charge in [0.2, 0.25) is 0 Å². The summed E-state index contributed by atoms with van der Waals surface area (Å²) in [5, 5.41) is 0. The molecule has 0 radical (unpaired) electrons. The fourth-order valence-corrected chi connectivity index (χ4v) is 1.40. The summed E-state index contributed by atoms with van der Waals surface area (Å²) in [4.78, 5) is 11.2. The fraction of sp³-hybridized carbons (Fsp3) is 0.417. The van der Waals surface area contributed by atoms with E-state index in [4.69, 9.17) is 5.73 Å². The van der Waals surface area contributed by atoms with Crippen LogP contribution >= 0.6 is 0 Å². The summed E-state index contributed by atoms with van der Waals surface area (Å²) in [7, 11) is 1.37. The molecule has 0 amide bonds. The Kier molecular flexibility index (Phi) is 3.48. The van der Waals surface area contributed by atoms with E-state index in [9.17, 15) is 4.79 Å². The van der Waals surface area contributed by atoms with Crippen LogP contribution in [0.5, 0.6) is 0 Å². The van der Waals surface area contributed by atoms with E-state index >= 15 is 0 Å². The summed E-state index contributed by atoms with van der Waals surface area (Å²) in [6.45, 7) is 3.95. The molecule has 0 aliphatic heterocycles. The van der Waals surface area contributed by atoms with E-state index in [-0.39, 0.29) is 11.5 Å². The van der Waals surface area contributed by atoms with E-state index in [2.05, 4.69) is 4.74 Å². The summed E-state index contributed by atoms with van der Waals surface area (Å²) in [5.41, 5.74) is 7.36. The largest absolute Gasteiger partial charge is 0.465 e. The summed E-state index contributed by atoms with van der Waals surface area (Å²) in [6.07, 6.45) is 0.786. The predicted octanol–water partition coefficient (Wildman–Crippen LogP) is 1.75. The third kappa shape index (κ3) is 3.72. The predicted molar refractivity (Wildman–Crippen MR) is 59.8 cm³/mol. The maximum Gasteiger partial charge on any atom is 0.337 e. The van der Waals surface area contributed by atoms with Gasteiger partial charge in [-0.15, -0.1) is 0 Å². The Morgan fingerprint density at radius 3 is 2.27 bits per heavy atom. The number of benzene rings is 1. The highest BCUT2D eigenvalue weighted by molar-refractivity contribution is 5.89. The monoisotopic (exact) mass is 207 g/mol. The molecule has 0 spiro atoms. The van der Waals surface area contributed by atoms with Crippen LogP contribution in [0.15, 0.2) is 24.3 Å². The molecule has 1 aromatic carbocycles. The zero-order valence-corrected chi connectivity index (χ0v) is 9.41. The van der Waals surface area contributed by atoms with E-state index in [1.54, 1.807) is 12.1 Å². The van der Waals surface area contributed by atoms with Crippen LogP contribution in [-0.2, 0) is 11.2 Å². The minimum absolute atomic E-state index is 0.229. The Morgan fingerprint density at radius 2 is 1.87 bits per heavy atom. The van der Waals surface area contributed by atoms with Crippen LogP contribution in [0.1, 0.15) is 29.8 Å². The standard InChI is InChI=1S/C12H17NO2/c1-12(2,13)8-9-4-6-10(7-5-9)11(14)15-3/h4-7H,8,13H2,1-3H3. The van der Waals surface area contributed by atoms with Crippen LogP contribution < -0.4 is 5.73 Å². The van der Waals surface area contributed by atoms with Gasteiger partial charge >= 0.3 is 5.97 Å². The number of rotatable bonds is 3. The first-order chi connectivity index (χ1) is 6.92. The van der Waals surface area contributed by atoms with Gasteiger partial charge in [-0.3, -0.25) is 0 Å². The quantitative estimate of drug-likeness (QED) is 0.768. The molecule has 2 N–H and O–H groups in total. The zero-order chi connectivity index (χ0) is 11.5. The van der Waals surface area contributed by atoms with Crippen molar-refractivity contribution < 1.29 is 9.53 Å². The average molecular weight is 207 g/mol. The van der Waals surface area contributed by atoms with Gasteiger partial charge in [0.1, 0.15) is 0 Å². The number of esters is 1. The number of hydrogen-bond donors (Lipinski definition) is 1. The van der Waals surface area contributed by atoms with E-state index in [1.165, 1.54) is 7.11 Å². The van der Waals surface area contributed by atoms with Crippen LogP contribution in [0.25, 0.3) is 0 Å². The van der Waals surface area contributed by atoms with Gasteiger partial charge in [0.15, 0.2) is 0 Å². The van der Waals surface area contributed by atoms with Crippen molar-refractivity contribution in [3.63, 3.8) is 0 Å². The summed E-state index contributed by atoms with van der Waals surface area (Å²) in [6, 6.07) is 7.32. The Morgan fingerprint density at radius 1 is 1.33 bits per heavy atom. The maximum atomic E-state index is 11.2. The lowest BCUT2D eigenvalue weighted by Gasteiger charge is -2.18. The van der Waals surface area contributed by atoms with Crippen molar-refractivity contribution in [2.24, 2.45) is 5.73 Å². The molecule has 3 nitrogen and oxygen atoms in total. The molecule has 0 aliphatic carbocycles. The second-order valence-corrected chi connectivity index (χ2v) is 4.35. The molecule has 0 saturated heterocycles. The first-order valence-electron chi connectivity index (χ1n) is 4.88. The lowest BCUT2D eigenvalue weighted by Crippen LogP contribution is -2.34. The lowest BCUT2D eigenvalue weighted by atomic mass is 9.96. The van der Waals surface area contributed by atoms with E-state index in [0.29, 0.717) is 5.56 Å². The lowest BCUT2D eigenvalue weighted by molar-refractivity contribution is 0.0601. The van der Waals surface area contributed by atoms with Crippen LogP contribution in [-0.4, -0.2) is 18.6 Å². The van der Waals surface area contributed by atoms with Crippen molar-refractivity contribution in [2.75, 3.05) is 7.11 Å². The summed E-state index contributed by atoms with van der Waals surface area (Å²) in [5.74, 6) is -0.312. The third-order valence-electron chi connectivity index (χ3n) is 2.03.